The maximum atomic E-state index is 12.4. The van der Waals surface area contributed by atoms with Crippen LogP contribution in [0.4, 0.5) is 24.7 Å². The molecule has 0 fully saturated rings. The number of nitrogen functional groups attached to an aromatic ring is 1. The number of aromatic nitrogens is 1. The Kier molecular flexibility index (Phi) is 4.20. The van der Waals surface area contributed by atoms with E-state index in [4.69, 9.17) is 5.73 Å². The standard InChI is InChI=1S/C11H16F3N3/c1-3-4-17(7-11(12,13)14)10-9(15)5-8(2)6-16-10/h5-6H,3-4,7,15H2,1-2H3. The number of rotatable bonds is 4. The zero-order valence-corrected chi connectivity index (χ0v) is 9.88. The Bertz CT molecular complexity index is 377. The lowest BCUT2D eigenvalue weighted by Gasteiger charge is -2.25. The van der Waals surface area contributed by atoms with Crippen molar-refractivity contribution in [3.8, 4) is 0 Å². The smallest absolute Gasteiger partial charge is 0.396 e. The Labute approximate surface area is 98.4 Å². The van der Waals surface area contributed by atoms with Crippen LogP contribution in [0.1, 0.15) is 18.9 Å². The van der Waals surface area contributed by atoms with E-state index in [1.807, 2.05) is 6.92 Å². The third kappa shape index (κ3) is 4.13. The van der Waals surface area contributed by atoms with Crippen molar-refractivity contribution in [1.82, 2.24) is 4.98 Å². The van der Waals surface area contributed by atoms with E-state index in [0.29, 0.717) is 6.42 Å². The van der Waals surface area contributed by atoms with Crippen LogP contribution in [0.3, 0.4) is 0 Å². The fourth-order valence-corrected chi connectivity index (χ4v) is 1.59. The second-order valence-corrected chi connectivity index (χ2v) is 3.96. The Morgan fingerprint density at radius 1 is 1.41 bits per heavy atom. The summed E-state index contributed by atoms with van der Waals surface area (Å²) in [5.41, 5.74) is 6.81. The van der Waals surface area contributed by atoms with Gasteiger partial charge < -0.3 is 10.6 Å². The Hall–Kier alpha value is -1.46. The monoisotopic (exact) mass is 247 g/mol. The van der Waals surface area contributed by atoms with Crippen LogP contribution in [0.15, 0.2) is 12.3 Å². The molecule has 0 saturated carbocycles. The fraction of sp³-hybridized carbons (Fsp3) is 0.545. The van der Waals surface area contributed by atoms with Crippen molar-refractivity contribution in [2.75, 3.05) is 23.7 Å². The first-order chi connectivity index (χ1) is 7.83. The third-order valence-electron chi connectivity index (χ3n) is 2.20. The van der Waals surface area contributed by atoms with Crippen molar-refractivity contribution in [1.29, 1.82) is 0 Å². The molecule has 3 nitrogen and oxygen atoms in total. The molecule has 1 aromatic rings. The van der Waals surface area contributed by atoms with E-state index in [0.717, 1.165) is 10.5 Å². The molecule has 17 heavy (non-hydrogen) atoms. The van der Waals surface area contributed by atoms with Gasteiger partial charge in [-0.15, -0.1) is 0 Å². The summed E-state index contributed by atoms with van der Waals surface area (Å²) in [7, 11) is 0. The lowest BCUT2D eigenvalue weighted by atomic mass is 10.2. The summed E-state index contributed by atoms with van der Waals surface area (Å²) in [5.74, 6) is 0.203. The Balaban J connectivity index is 2.97. The second kappa shape index (κ2) is 5.25. The molecule has 0 aliphatic rings. The predicted molar refractivity (Wildman–Crippen MR) is 61.9 cm³/mol. The van der Waals surface area contributed by atoms with Crippen LogP contribution in [-0.2, 0) is 0 Å². The average Bonchev–Trinajstić information content (AvgIpc) is 2.14. The van der Waals surface area contributed by atoms with Gasteiger partial charge in [-0.1, -0.05) is 6.92 Å². The van der Waals surface area contributed by atoms with E-state index >= 15 is 0 Å². The second-order valence-electron chi connectivity index (χ2n) is 3.96. The summed E-state index contributed by atoms with van der Waals surface area (Å²) >= 11 is 0. The van der Waals surface area contributed by atoms with Crippen LogP contribution in [0, 0.1) is 6.92 Å². The number of anilines is 2. The highest BCUT2D eigenvalue weighted by Gasteiger charge is 2.31. The number of nitrogens with zero attached hydrogens (tertiary/aromatic N) is 2. The zero-order valence-electron chi connectivity index (χ0n) is 9.88. The lowest BCUT2D eigenvalue weighted by molar-refractivity contribution is -0.119. The molecule has 0 amide bonds. The average molecular weight is 247 g/mol. The van der Waals surface area contributed by atoms with Crippen LogP contribution in [0.2, 0.25) is 0 Å². The molecule has 0 bridgehead atoms. The van der Waals surface area contributed by atoms with Crippen molar-refractivity contribution in [3.05, 3.63) is 17.8 Å². The van der Waals surface area contributed by atoms with Crippen molar-refractivity contribution in [2.45, 2.75) is 26.4 Å². The van der Waals surface area contributed by atoms with E-state index in [1.54, 1.807) is 13.0 Å². The summed E-state index contributed by atoms with van der Waals surface area (Å²) < 4.78 is 37.2. The largest absolute Gasteiger partial charge is 0.405 e. The maximum absolute atomic E-state index is 12.4. The Morgan fingerprint density at radius 2 is 2.06 bits per heavy atom. The first-order valence-corrected chi connectivity index (χ1v) is 5.37. The maximum Gasteiger partial charge on any atom is 0.405 e. The molecular weight excluding hydrogens is 231 g/mol. The van der Waals surface area contributed by atoms with Crippen LogP contribution < -0.4 is 10.6 Å². The molecule has 2 N–H and O–H groups in total. The van der Waals surface area contributed by atoms with Gasteiger partial charge in [-0.05, 0) is 25.0 Å². The molecule has 1 aromatic heterocycles. The molecule has 0 aromatic carbocycles. The van der Waals surface area contributed by atoms with Gasteiger partial charge in [0.1, 0.15) is 6.54 Å². The lowest BCUT2D eigenvalue weighted by Crippen LogP contribution is -2.35. The number of pyridine rings is 1. The summed E-state index contributed by atoms with van der Waals surface area (Å²) in [5, 5.41) is 0. The van der Waals surface area contributed by atoms with Gasteiger partial charge in [0.2, 0.25) is 0 Å². The van der Waals surface area contributed by atoms with Crippen LogP contribution >= 0.6 is 0 Å². The first kappa shape index (κ1) is 13.6. The molecule has 1 heterocycles. The number of halogens is 3. The van der Waals surface area contributed by atoms with Gasteiger partial charge in [0.25, 0.3) is 0 Å². The van der Waals surface area contributed by atoms with Crippen molar-refractivity contribution < 1.29 is 13.2 Å². The van der Waals surface area contributed by atoms with Crippen LogP contribution in [0.5, 0.6) is 0 Å². The molecule has 0 spiro atoms. The van der Waals surface area contributed by atoms with Crippen LogP contribution in [-0.4, -0.2) is 24.2 Å². The molecule has 0 saturated heterocycles. The number of aryl methyl sites for hydroxylation is 1. The quantitative estimate of drug-likeness (QED) is 0.889. The summed E-state index contributed by atoms with van der Waals surface area (Å²) in [6.45, 7) is 2.86. The van der Waals surface area contributed by atoms with Gasteiger partial charge in [-0.2, -0.15) is 13.2 Å². The minimum Gasteiger partial charge on any atom is -0.396 e. The molecule has 0 unspecified atom stereocenters. The molecule has 0 radical (unpaired) electrons. The van der Waals surface area contributed by atoms with E-state index in [1.165, 1.54) is 6.20 Å². The van der Waals surface area contributed by atoms with Crippen LogP contribution in [0.25, 0.3) is 0 Å². The highest BCUT2D eigenvalue weighted by molar-refractivity contribution is 5.63. The van der Waals surface area contributed by atoms with Gasteiger partial charge in [-0.25, -0.2) is 4.98 Å². The van der Waals surface area contributed by atoms with Crippen molar-refractivity contribution in [2.24, 2.45) is 0 Å². The van der Waals surface area contributed by atoms with E-state index < -0.39 is 12.7 Å². The van der Waals surface area contributed by atoms with E-state index in [2.05, 4.69) is 4.98 Å². The zero-order chi connectivity index (χ0) is 13.1. The summed E-state index contributed by atoms with van der Waals surface area (Å²) in [6.07, 6.45) is -2.13. The first-order valence-electron chi connectivity index (χ1n) is 5.37. The summed E-state index contributed by atoms with van der Waals surface area (Å²) in [6, 6.07) is 1.63. The van der Waals surface area contributed by atoms with Gasteiger partial charge in [-0.3, -0.25) is 0 Å². The van der Waals surface area contributed by atoms with Gasteiger partial charge in [0, 0.05) is 12.7 Å². The number of alkyl halides is 3. The van der Waals surface area contributed by atoms with Gasteiger partial charge in [0.05, 0.1) is 5.69 Å². The highest BCUT2D eigenvalue weighted by atomic mass is 19.4. The van der Waals surface area contributed by atoms with E-state index in [9.17, 15) is 13.2 Å². The molecule has 0 aliphatic heterocycles. The minimum absolute atomic E-state index is 0.203. The number of hydrogen-bond donors (Lipinski definition) is 1. The molecular formula is C11H16F3N3. The van der Waals surface area contributed by atoms with Crippen molar-refractivity contribution >= 4 is 11.5 Å². The van der Waals surface area contributed by atoms with Gasteiger partial charge in [0.15, 0.2) is 5.82 Å². The normalized spacial score (nSPS) is 11.6. The minimum atomic E-state index is -4.26. The molecule has 0 aliphatic carbocycles. The summed E-state index contributed by atoms with van der Waals surface area (Å²) in [4.78, 5) is 5.14. The Morgan fingerprint density at radius 3 is 2.53 bits per heavy atom. The highest BCUT2D eigenvalue weighted by Crippen LogP contribution is 2.25. The molecule has 6 heteroatoms. The van der Waals surface area contributed by atoms with Gasteiger partial charge >= 0.3 is 6.18 Å². The number of nitrogens with two attached hydrogens (primary N) is 1. The molecule has 96 valence electrons. The predicted octanol–water partition coefficient (Wildman–Crippen LogP) is 2.75. The topological polar surface area (TPSA) is 42.2 Å². The fourth-order valence-electron chi connectivity index (χ4n) is 1.59. The van der Waals surface area contributed by atoms with Crippen molar-refractivity contribution in [3.63, 3.8) is 0 Å². The number of hydrogen-bond acceptors (Lipinski definition) is 3. The molecule has 0 atom stereocenters. The SMILES string of the molecule is CCCN(CC(F)(F)F)c1ncc(C)cc1N. The third-order valence-corrected chi connectivity index (χ3v) is 2.20. The van der Waals surface area contributed by atoms with E-state index in [-0.39, 0.29) is 18.1 Å². The molecule has 1 rings (SSSR count).